The van der Waals surface area contributed by atoms with Gasteiger partial charge >= 0.3 is 0 Å². The number of amides is 1. The highest BCUT2D eigenvalue weighted by Crippen LogP contribution is 2.35. The fourth-order valence-electron chi connectivity index (χ4n) is 1.37. The van der Waals surface area contributed by atoms with E-state index in [1.165, 1.54) is 11.3 Å². The van der Waals surface area contributed by atoms with Crippen molar-refractivity contribution in [2.24, 2.45) is 0 Å². The molecule has 1 aromatic rings. The number of aromatic nitrogens is 2. The fourth-order valence-corrected chi connectivity index (χ4v) is 3.09. The van der Waals surface area contributed by atoms with Gasteiger partial charge in [0.05, 0.1) is 0 Å². The molecule has 0 bridgehead atoms. The zero-order valence-electron chi connectivity index (χ0n) is 9.05. The third-order valence-electron chi connectivity index (χ3n) is 2.18. The SMILES string of the molecule is C=CCSc1nnc(N(C(C)=O)C2CC2)s1. The van der Waals surface area contributed by atoms with Crippen LogP contribution in [-0.2, 0) is 4.79 Å². The molecule has 0 aliphatic heterocycles. The summed E-state index contributed by atoms with van der Waals surface area (Å²) in [4.78, 5) is 13.3. The van der Waals surface area contributed by atoms with Gasteiger partial charge in [-0.15, -0.1) is 16.8 Å². The van der Waals surface area contributed by atoms with E-state index in [9.17, 15) is 4.79 Å². The third kappa shape index (κ3) is 2.62. The molecule has 0 spiro atoms. The predicted molar refractivity (Wildman–Crippen MR) is 67.0 cm³/mol. The first-order valence-electron chi connectivity index (χ1n) is 5.09. The Kier molecular flexibility index (Phi) is 3.60. The Morgan fingerprint density at radius 1 is 1.69 bits per heavy atom. The van der Waals surface area contributed by atoms with E-state index in [0.29, 0.717) is 6.04 Å². The minimum absolute atomic E-state index is 0.0546. The largest absolute Gasteiger partial charge is 0.284 e. The number of hydrogen-bond acceptors (Lipinski definition) is 5. The molecule has 16 heavy (non-hydrogen) atoms. The summed E-state index contributed by atoms with van der Waals surface area (Å²) in [6.45, 7) is 5.23. The van der Waals surface area contributed by atoms with E-state index in [2.05, 4.69) is 16.8 Å². The molecule has 1 aliphatic carbocycles. The Labute approximate surface area is 103 Å². The van der Waals surface area contributed by atoms with Crippen LogP contribution in [0.4, 0.5) is 5.13 Å². The van der Waals surface area contributed by atoms with Crippen molar-refractivity contribution in [2.45, 2.75) is 30.1 Å². The molecule has 4 nitrogen and oxygen atoms in total. The van der Waals surface area contributed by atoms with E-state index in [-0.39, 0.29) is 5.91 Å². The summed E-state index contributed by atoms with van der Waals surface area (Å²) in [5.41, 5.74) is 0. The van der Waals surface area contributed by atoms with Crippen LogP contribution in [0, 0.1) is 0 Å². The molecule has 0 saturated heterocycles. The second-order valence-electron chi connectivity index (χ2n) is 3.57. The van der Waals surface area contributed by atoms with Gasteiger partial charge in [0, 0.05) is 18.7 Å². The molecule has 6 heteroatoms. The molecule has 1 amide bonds. The van der Waals surface area contributed by atoms with Crippen LogP contribution in [0.5, 0.6) is 0 Å². The van der Waals surface area contributed by atoms with Gasteiger partial charge in [-0.1, -0.05) is 29.2 Å². The van der Waals surface area contributed by atoms with E-state index in [4.69, 9.17) is 0 Å². The number of rotatable bonds is 5. The van der Waals surface area contributed by atoms with Gasteiger partial charge in [0.1, 0.15) is 0 Å². The van der Waals surface area contributed by atoms with Crippen LogP contribution in [0.25, 0.3) is 0 Å². The van der Waals surface area contributed by atoms with E-state index in [0.717, 1.165) is 28.1 Å². The number of hydrogen-bond donors (Lipinski definition) is 0. The first-order valence-corrected chi connectivity index (χ1v) is 6.89. The van der Waals surface area contributed by atoms with E-state index < -0.39 is 0 Å². The van der Waals surface area contributed by atoms with Crippen molar-refractivity contribution in [1.29, 1.82) is 0 Å². The van der Waals surface area contributed by atoms with Gasteiger partial charge in [0.2, 0.25) is 11.0 Å². The lowest BCUT2D eigenvalue weighted by Crippen LogP contribution is -2.30. The topological polar surface area (TPSA) is 46.1 Å². The number of carbonyl (C=O) groups is 1. The molecule has 0 radical (unpaired) electrons. The molecule has 1 fully saturated rings. The Hall–Kier alpha value is -0.880. The van der Waals surface area contributed by atoms with Gasteiger partial charge in [-0.3, -0.25) is 9.69 Å². The standard InChI is InChI=1S/C10H13N3OS2/c1-3-6-15-10-12-11-9(16-10)13(7(2)14)8-4-5-8/h3,8H,1,4-6H2,2H3. The lowest BCUT2D eigenvalue weighted by molar-refractivity contribution is -0.116. The lowest BCUT2D eigenvalue weighted by atomic mass is 10.5. The Morgan fingerprint density at radius 3 is 3.00 bits per heavy atom. The minimum Gasteiger partial charge on any atom is -0.284 e. The highest BCUT2D eigenvalue weighted by atomic mass is 32.2. The number of thioether (sulfide) groups is 1. The maximum absolute atomic E-state index is 11.5. The Balaban J connectivity index is 2.09. The number of anilines is 1. The van der Waals surface area contributed by atoms with Crippen molar-refractivity contribution in [3.63, 3.8) is 0 Å². The van der Waals surface area contributed by atoms with Gasteiger partial charge < -0.3 is 0 Å². The monoisotopic (exact) mass is 255 g/mol. The van der Waals surface area contributed by atoms with Gasteiger partial charge in [0.15, 0.2) is 4.34 Å². The molecule has 0 unspecified atom stereocenters. The third-order valence-corrected chi connectivity index (χ3v) is 4.23. The molecule has 1 aliphatic rings. The molecule has 86 valence electrons. The molecule has 2 rings (SSSR count). The molecule has 1 aromatic heterocycles. The summed E-state index contributed by atoms with van der Waals surface area (Å²) in [6.07, 6.45) is 3.98. The highest BCUT2D eigenvalue weighted by Gasteiger charge is 2.34. The van der Waals surface area contributed by atoms with Crippen LogP contribution in [-0.4, -0.2) is 27.9 Å². The molecule has 1 heterocycles. The van der Waals surface area contributed by atoms with Crippen molar-refractivity contribution < 1.29 is 4.79 Å². The van der Waals surface area contributed by atoms with Gasteiger partial charge in [0.25, 0.3) is 0 Å². The van der Waals surface area contributed by atoms with Crippen LogP contribution in [0.1, 0.15) is 19.8 Å². The van der Waals surface area contributed by atoms with Crippen LogP contribution in [0.15, 0.2) is 17.0 Å². The minimum atomic E-state index is 0.0546. The molecule has 0 atom stereocenters. The maximum Gasteiger partial charge on any atom is 0.225 e. The zero-order chi connectivity index (χ0) is 11.5. The quantitative estimate of drug-likeness (QED) is 0.460. The van der Waals surface area contributed by atoms with E-state index in [1.807, 2.05) is 6.08 Å². The molecule has 0 aromatic carbocycles. The average Bonchev–Trinajstić information content (AvgIpc) is 2.95. The molecular weight excluding hydrogens is 242 g/mol. The summed E-state index contributed by atoms with van der Waals surface area (Å²) in [6, 6.07) is 0.350. The Morgan fingerprint density at radius 2 is 2.44 bits per heavy atom. The zero-order valence-corrected chi connectivity index (χ0v) is 10.7. The molecule has 0 N–H and O–H groups in total. The molecule has 1 saturated carbocycles. The second-order valence-corrected chi connectivity index (χ2v) is 5.79. The highest BCUT2D eigenvalue weighted by molar-refractivity contribution is 8.01. The van der Waals surface area contributed by atoms with Gasteiger partial charge in [-0.25, -0.2) is 0 Å². The van der Waals surface area contributed by atoms with Crippen molar-refractivity contribution in [3.8, 4) is 0 Å². The first-order chi connectivity index (χ1) is 7.72. The van der Waals surface area contributed by atoms with Crippen molar-refractivity contribution in [2.75, 3.05) is 10.7 Å². The van der Waals surface area contributed by atoms with Gasteiger partial charge in [-0.2, -0.15) is 0 Å². The first kappa shape index (κ1) is 11.6. The van der Waals surface area contributed by atoms with Gasteiger partial charge in [-0.05, 0) is 12.8 Å². The Bertz CT molecular complexity index is 401. The fraction of sp³-hybridized carbons (Fsp3) is 0.500. The lowest BCUT2D eigenvalue weighted by Gasteiger charge is -2.15. The maximum atomic E-state index is 11.5. The number of carbonyl (C=O) groups excluding carboxylic acids is 1. The normalized spacial score (nSPS) is 14.8. The predicted octanol–water partition coefficient (Wildman–Crippen LogP) is 2.33. The number of nitrogens with zero attached hydrogens (tertiary/aromatic N) is 3. The van der Waals surface area contributed by atoms with Crippen LogP contribution < -0.4 is 4.90 Å². The van der Waals surface area contributed by atoms with Crippen molar-refractivity contribution in [1.82, 2.24) is 10.2 Å². The second kappa shape index (κ2) is 4.97. The summed E-state index contributed by atoms with van der Waals surface area (Å²) in [5.74, 6) is 0.872. The summed E-state index contributed by atoms with van der Waals surface area (Å²) >= 11 is 3.07. The van der Waals surface area contributed by atoms with Crippen molar-refractivity contribution in [3.05, 3.63) is 12.7 Å². The molecular formula is C10H13N3OS2. The summed E-state index contributed by atoms with van der Waals surface area (Å²) in [7, 11) is 0. The smallest absolute Gasteiger partial charge is 0.225 e. The van der Waals surface area contributed by atoms with Crippen LogP contribution in [0.3, 0.4) is 0 Å². The van der Waals surface area contributed by atoms with Crippen molar-refractivity contribution >= 4 is 34.1 Å². The summed E-state index contributed by atoms with van der Waals surface area (Å²) in [5, 5.41) is 8.85. The van der Waals surface area contributed by atoms with Crippen LogP contribution in [0.2, 0.25) is 0 Å². The average molecular weight is 255 g/mol. The summed E-state index contributed by atoms with van der Waals surface area (Å²) < 4.78 is 0.891. The van der Waals surface area contributed by atoms with Crippen LogP contribution >= 0.6 is 23.1 Å². The van der Waals surface area contributed by atoms with E-state index >= 15 is 0 Å². The van der Waals surface area contributed by atoms with E-state index in [1.54, 1.807) is 23.6 Å².